The maximum Gasteiger partial charge on any atom is 0.116 e. The van der Waals surface area contributed by atoms with Crippen molar-refractivity contribution < 1.29 is 0 Å². The Hall–Kier alpha value is -4.46. The maximum atomic E-state index is 4.55. The van der Waals surface area contributed by atoms with Crippen LogP contribution in [0.1, 0.15) is 12.6 Å². The second-order valence-corrected chi connectivity index (χ2v) is 6.97. The summed E-state index contributed by atoms with van der Waals surface area (Å²) in [6, 6.07) is 11.8. The Morgan fingerprint density at radius 3 is 2.74 bits per heavy atom. The zero-order chi connectivity index (χ0) is 21.2. The lowest BCUT2D eigenvalue weighted by Crippen LogP contribution is -1.86. The molecule has 5 rings (SSSR count). The van der Waals surface area contributed by atoms with Gasteiger partial charge in [0.1, 0.15) is 12.0 Å². The number of allylic oxidation sites excluding steroid dienone is 1. The van der Waals surface area contributed by atoms with Crippen molar-refractivity contribution in [2.45, 2.75) is 6.92 Å². The van der Waals surface area contributed by atoms with E-state index in [1.165, 1.54) is 6.34 Å². The monoisotopic (exact) mass is 406 g/mol. The Morgan fingerprint density at radius 1 is 1.00 bits per heavy atom. The summed E-state index contributed by atoms with van der Waals surface area (Å²) in [7, 11) is 0. The summed E-state index contributed by atoms with van der Waals surface area (Å²) >= 11 is 0. The fraction of sp³-hybridized carbons (Fsp3) is 0.0435. The van der Waals surface area contributed by atoms with E-state index in [-0.39, 0.29) is 0 Å². The molecule has 0 radical (unpaired) electrons. The molecule has 0 aromatic carbocycles. The van der Waals surface area contributed by atoms with Crippen molar-refractivity contribution in [3.63, 3.8) is 0 Å². The minimum Gasteiger partial charge on any atom is -0.353 e. The topological polar surface area (TPSA) is 108 Å². The van der Waals surface area contributed by atoms with E-state index in [1.807, 2.05) is 37.3 Å². The van der Waals surface area contributed by atoms with E-state index in [9.17, 15) is 0 Å². The molecule has 0 aliphatic carbocycles. The molecule has 31 heavy (non-hydrogen) atoms. The van der Waals surface area contributed by atoms with Crippen LogP contribution in [0.4, 0.5) is 0 Å². The first-order valence-corrected chi connectivity index (χ1v) is 9.63. The van der Waals surface area contributed by atoms with Gasteiger partial charge in [-0.15, -0.1) is 0 Å². The van der Waals surface area contributed by atoms with Crippen LogP contribution in [0.3, 0.4) is 0 Å². The van der Waals surface area contributed by atoms with Crippen LogP contribution in [0.25, 0.3) is 50.2 Å². The molecule has 0 unspecified atom stereocenters. The molecule has 0 fully saturated rings. The first-order valence-electron chi connectivity index (χ1n) is 9.63. The van der Waals surface area contributed by atoms with Gasteiger partial charge in [0.25, 0.3) is 0 Å². The molecular formula is C23H18N8. The lowest BCUT2D eigenvalue weighted by Gasteiger charge is -2.00. The van der Waals surface area contributed by atoms with Crippen LogP contribution in [0.2, 0.25) is 0 Å². The summed E-state index contributed by atoms with van der Waals surface area (Å²) in [5.74, 6) is 0. The molecule has 0 amide bonds. The number of H-pyrrole nitrogens is 2. The Kier molecular flexibility index (Phi) is 4.64. The smallest absolute Gasteiger partial charge is 0.116 e. The van der Waals surface area contributed by atoms with Crippen LogP contribution in [0.5, 0.6) is 0 Å². The lowest BCUT2D eigenvalue weighted by atomic mass is 10.1. The SMILES string of the molecule is C=NC=N/C=C(\C)c1cc2c(-c3cc4c(-c5ccccn5)nccc4[nH]3)n[nH]c2cn1. The normalized spacial score (nSPS) is 12.2. The van der Waals surface area contributed by atoms with Crippen molar-refractivity contribution in [3.05, 3.63) is 66.9 Å². The first-order chi connectivity index (χ1) is 15.2. The van der Waals surface area contributed by atoms with Gasteiger partial charge < -0.3 is 4.98 Å². The highest BCUT2D eigenvalue weighted by Gasteiger charge is 2.15. The number of aromatic nitrogens is 6. The van der Waals surface area contributed by atoms with Crippen molar-refractivity contribution in [1.82, 2.24) is 30.1 Å². The highest BCUT2D eigenvalue weighted by molar-refractivity contribution is 5.99. The molecule has 5 heterocycles. The molecule has 150 valence electrons. The summed E-state index contributed by atoms with van der Waals surface area (Å²) in [6.07, 6.45) is 8.42. The van der Waals surface area contributed by atoms with Crippen LogP contribution < -0.4 is 0 Å². The van der Waals surface area contributed by atoms with Crippen LogP contribution in [0, 0.1) is 0 Å². The Balaban J connectivity index is 1.63. The van der Waals surface area contributed by atoms with Gasteiger partial charge in [0.2, 0.25) is 0 Å². The number of nitrogens with one attached hydrogen (secondary N) is 2. The number of hydrogen-bond donors (Lipinski definition) is 2. The van der Waals surface area contributed by atoms with E-state index < -0.39 is 0 Å². The van der Waals surface area contributed by atoms with E-state index in [0.29, 0.717) is 0 Å². The van der Waals surface area contributed by atoms with Gasteiger partial charge in [-0.2, -0.15) is 5.10 Å². The molecule has 5 aromatic rings. The predicted octanol–water partition coefficient (Wildman–Crippen LogP) is 4.65. The van der Waals surface area contributed by atoms with Crippen molar-refractivity contribution in [2.24, 2.45) is 9.98 Å². The molecule has 0 saturated carbocycles. The van der Waals surface area contributed by atoms with E-state index in [0.717, 1.165) is 55.8 Å². The van der Waals surface area contributed by atoms with Crippen molar-refractivity contribution in [3.8, 4) is 22.8 Å². The Labute approximate surface area is 177 Å². The number of rotatable bonds is 5. The highest BCUT2D eigenvalue weighted by Crippen LogP contribution is 2.32. The second-order valence-electron chi connectivity index (χ2n) is 6.97. The molecule has 0 spiro atoms. The van der Waals surface area contributed by atoms with Crippen LogP contribution in [-0.4, -0.2) is 43.2 Å². The van der Waals surface area contributed by atoms with Crippen molar-refractivity contribution in [2.75, 3.05) is 0 Å². The third-order valence-corrected chi connectivity index (χ3v) is 4.98. The molecule has 2 N–H and O–H groups in total. The van der Waals surface area contributed by atoms with Gasteiger partial charge in [0, 0.05) is 34.9 Å². The average Bonchev–Trinajstić information content (AvgIpc) is 3.43. The van der Waals surface area contributed by atoms with E-state index in [4.69, 9.17) is 0 Å². The van der Waals surface area contributed by atoms with Gasteiger partial charge in [-0.1, -0.05) is 6.07 Å². The summed E-state index contributed by atoms with van der Waals surface area (Å²) in [4.78, 5) is 24.7. The highest BCUT2D eigenvalue weighted by atomic mass is 15.1. The predicted molar refractivity (Wildman–Crippen MR) is 124 cm³/mol. The summed E-state index contributed by atoms with van der Waals surface area (Å²) in [5, 5.41) is 9.55. The minimum atomic E-state index is 0.809. The molecule has 0 bridgehead atoms. The molecule has 8 nitrogen and oxygen atoms in total. The van der Waals surface area contributed by atoms with Crippen LogP contribution >= 0.6 is 0 Å². The largest absolute Gasteiger partial charge is 0.353 e. The first kappa shape index (κ1) is 18.6. The standard InChI is InChI=1S/C23H18N8/c1-14(11-25-13-24-2)19-9-16-21(12-28-19)30-31-23(16)20-10-15-17(29-20)6-8-27-22(15)18-5-3-4-7-26-18/h3-13,29H,2H2,1H3,(H,30,31)/b14-11+,25-13?. The molecule has 0 aliphatic rings. The molecular weight excluding hydrogens is 388 g/mol. The lowest BCUT2D eigenvalue weighted by molar-refractivity contribution is 1.11. The van der Waals surface area contributed by atoms with Crippen molar-refractivity contribution >= 4 is 40.4 Å². The third-order valence-electron chi connectivity index (χ3n) is 4.98. The Morgan fingerprint density at radius 2 is 1.90 bits per heavy atom. The number of hydrogen-bond acceptors (Lipinski definition) is 5. The van der Waals surface area contributed by atoms with E-state index >= 15 is 0 Å². The summed E-state index contributed by atoms with van der Waals surface area (Å²) in [6.45, 7) is 5.33. The van der Waals surface area contributed by atoms with Crippen LogP contribution in [0.15, 0.2) is 71.2 Å². The van der Waals surface area contributed by atoms with E-state index in [1.54, 1.807) is 24.8 Å². The van der Waals surface area contributed by atoms with Gasteiger partial charge in [0.15, 0.2) is 0 Å². The third kappa shape index (κ3) is 3.40. The molecule has 0 atom stereocenters. The van der Waals surface area contributed by atoms with Gasteiger partial charge in [-0.3, -0.25) is 25.0 Å². The molecule has 0 aliphatic heterocycles. The number of aliphatic imine (C=N–C) groups is 2. The minimum absolute atomic E-state index is 0.809. The quantitative estimate of drug-likeness (QED) is 0.327. The van der Waals surface area contributed by atoms with Crippen molar-refractivity contribution in [1.29, 1.82) is 0 Å². The number of nitrogens with zero attached hydrogens (tertiary/aromatic N) is 6. The number of aromatic amines is 2. The van der Waals surface area contributed by atoms with Gasteiger partial charge in [-0.25, -0.2) is 4.99 Å². The second kappa shape index (κ2) is 7.75. The summed E-state index contributed by atoms with van der Waals surface area (Å²) in [5.41, 5.74) is 6.89. The molecule has 0 saturated heterocycles. The fourth-order valence-electron chi connectivity index (χ4n) is 3.48. The Bertz CT molecular complexity index is 1460. The maximum absolute atomic E-state index is 4.55. The number of pyridine rings is 3. The molecule has 8 heteroatoms. The number of fused-ring (bicyclic) bond motifs is 2. The van der Waals surface area contributed by atoms with Gasteiger partial charge >= 0.3 is 0 Å². The van der Waals surface area contributed by atoms with Gasteiger partial charge in [0.05, 0.1) is 34.5 Å². The van der Waals surface area contributed by atoms with Crippen LogP contribution in [-0.2, 0) is 0 Å². The molecule has 5 aromatic heterocycles. The fourth-order valence-corrected chi connectivity index (χ4v) is 3.48. The summed E-state index contributed by atoms with van der Waals surface area (Å²) < 4.78 is 0. The zero-order valence-electron chi connectivity index (χ0n) is 16.7. The van der Waals surface area contributed by atoms with Gasteiger partial charge in [-0.05, 0) is 49.5 Å². The van der Waals surface area contributed by atoms with E-state index in [2.05, 4.69) is 52.9 Å². The zero-order valence-corrected chi connectivity index (χ0v) is 16.7. The average molecular weight is 406 g/mol.